The second-order valence-electron chi connectivity index (χ2n) is 5.65. The third kappa shape index (κ3) is 3.80. The van der Waals surface area contributed by atoms with E-state index in [1.807, 2.05) is 26.0 Å². The summed E-state index contributed by atoms with van der Waals surface area (Å²) in [5.74, 6) is 1.96. The number of nitrogens with one attached hydrogen (secondary N) is 1. The Morgan fingerprint density at radius 1 is 1.30 bits per heavy atom. The molecule has 3 heterocycles. The second-order valence-corrected chi connectivity index (χ2v) is 5.65. The van der Waals surface area contributed by atoms with Gasteiger partial charge in [0, 0.05) is 25.2 Å². The Morgan fingerprint density at radius 3 is 2.78 bits per heavy atom. The van der Waals surface area contributed by atoms with E-state index in [0.29, 0.717) is 43.5 Å². The van der Waals surface area contributed by atoms with Crippen molar-refractivity contribution in [1.82, 2.24) is 15.4 Å². The van der Waals surface area contributed by atoms with Crippen LogP contribution in [0.15, 0.2) is 21.1 Å². The van der Waals surface area contributed by atoms with Gasteiger partial charge in [0.2, 0.25) is 0 Å². The number of amides is 1. The van der Waals surface area contributed by atoms with Crippen LogP contribution in [0.1, 0.15) is 33.3 Å². The van der Waals surface area contributed by atoms with Crippen LogP contribution >= 0.6 is 0 Å². The molecule has 1 aliphatic rings. The van der Waals surface area contributed by atoms with E-state index in [1.54, 1.807) is 0 Å². The highest BCUT2D eigenvalue weighted by Crippen LogP contribution is 2.17. The molecule has 2 aromatic rings. The van der Waals surface area contributed by atoms with Gasteiger partial charge in [-0.25, -0.2) is 0 Å². The number of rotatable bonds is 5. The molecule has 2 aromatic heterocycles. The zero-order valence-corrected chi connectivity index (χ0v) is 13.4. The molecule has 1 N–H and O–H groups in total. The fourth-order valence-corrected chi connectivity index (χ4v) is 2.57. The molecule has 0 atom stereocenters. The van der Waals surface area contributed by atoms with Crippen LogP contribution in [0.25, 0.3) is 0 Å². The maximum atomic E-state index is 12.4. The zero-order valence-electron chi connectivity index (χ0n) is 13.4. The summed E-state index contributed by atoms with van der Waals surface area (Å²) in [4.78, 5) is 14.6. The maximum absolute atomic E-state index is 12.4. The van der Waals surface area contributed by atoms with Crippen molar-refractivity contribution in [3.05, 3.63) is 40.7 Å². The van der Waals surface area contributed by atoms with Crippen molar-refractivity contribution >= 4 is 5.91 Å². The van der Waals surface area contributed by atoms with E-state index in [0.717, 1.165) is 24.4 Å². The number of morpholine rings is 1. The number of carbonyl (C=O) groups excluding carboxylic acids is 1. The van der Waals surface area contributed by atoms with Crippen LogP contribution in [0.3, 0.4) is 0 Å². The second kappa shape index (κ2) is 6.97. The van der Waals surface area contributed by atoms with Crippen molar-refractivity contribution in [2.24, 2.45) is 0 Å². The smallest absolute Gasteiger partial charge is 0.274 e. The van der Waals surface area contributed by atoms with Gasteiger partial charge in [-0.15, -0.1) is 0 Å². The highest BCUT2D eigenvalue weighted by molar-refractivity contribution is 5.93. The molecule has 0 aromatic carbocycles. The highest BCUT2D eigenvalue weighted by atomic mass is 16.5. The highest BCUT2D eigenvalue weighted by Gasteiger charge is 2.22. The van der Waals surface area contributed by atoms with E-state index >= 15 is 0 Å². The van der Waals surface area contributed by atoms with Crippen LogP contribution < -0.4 is 5.32 Å². The number of hydrogen-bond donors (Lipinski definition) is 1. The Morgan fingerprint density at radius 2 is 2.09 bits per heavy atom. The van der Waals surface area contributed by atoms with E-state index < -0.39 is 0 Å². The van der Waals surface area contributed by atoms with Gasteiger partial charge in [-0.2, -0.15) is 0 Å². The molecule has 1 fully saturated rings. The van der Waals surface area contributed by atoms with E-state index in [-0.39, 0.29) is 5.91 Å². The average Bonchev–Trinajstić information content (AvgIpc) is 3.13. The molecule has 124 valence electrons. The van der Waals surface area contributed by atoms with Gasteiger partial charge in [-0.05, 0) is 26.0 Å². The first kappa shape index (κ1) is 15.8. The van der Waals surface area contributed by atoms with Crippen LogP contribution in [0.4, 0.5) is 0 Å². The quantitative estimate of drug-likeness (QED) is 0.902. The molecule has 1 saturated heterocycles. The summed E-state index contributed by atoms with van der Waals surface area (Å²) in [6.07, 6.45) is 0. The first-order chi connectivity index (χ1) is 11.1. The van der Waals surface area contributed by atoms with Gasteiger partial charge in [-0.1, -0.05) is 5.16 Å². The average molecular weight is 319 g/mol. The molecule has 0 aliphatic carbocycles. The molecule has 23 heavy (non-hydrogen) atoms. The lowest BCUT2D eigenvalue weighted by molar-refractivity contribution is 0.0339. The van der Waals surface area contributed by atoms with E-state index in [4.69, 9.17) is 13.7 Å². The maximum Gasteiger partial charge on any atom is 0.274 e. The molecule has 7 heteroatoms. The van der Waals surface area contributed by atoms with Crippen molar-refractivity contribution in [3.8, 4) is 0 Å². The van der Waals surface area contributed by atoms with Crippen molar-refractivity contribution in [1.29, 1.82) is 0 Å². The number of aryl methyl sites for hydroxylation is 2. The molecule has 0 saturated carbocycles. The molecule has 7 nitrogen and oxygen atoms in total. The van der Waals surface area contributed by atoms with Crippen molar-refractivity contribution in [3.63, 3.8) is 0 Å². The molecular formula is C16H21N3O4. The summed E-state index contributed by atoms with van der Waals surface area (Å²) in [5.41, 5.74) is 1.18. The number of nitrogens with zero attached hydrogens (tertiary/aromatic N) is 2. The topological polar surface area (TPSA) is 80.7 Å². The van der Waals surface area contributed by atoms with Crippen LogP contribution in [0.5, 0.6) is 0 Å². The molecule has 0 bridgehead atoms. The van der Waals surface area contributed by atoms with E-state index in [1.165, 1.54) is 0 Å². The number of ether oxygens (including phenoxy) is 1. The van der Waals surface area contributed by atoms with Crippen LogP contribution in [0.2, 0.25) is 0 Å². The van der Waals surface area contributed by atoms with Crippen LogP contribution in [-0.4, -0.2) is 42.3 Å². The minimum Gasteiger partial charge on any atom is -0.465 e. The Hall–Kier alpha value is -2.12. The van der Waals surface area contributed by atoms with Gasteiger partial charge in [0.05, 0.1) is 19.8 Å². The summed E-state index contributed by atoms with van der Waals surface area (Å²) in [6, 6.07) is 3.71. The normalized spacial score (nSPS) is 15.7. The predicted octanol–water partition coefficient (Wildman–Crippen LogP) is 1.65. The lowest BCUT2D eigenvalue weighted by atomic mass is 10.1. The van der Waals surface area contributed by atoms with E-state index in [2.05, 4.69) is 15.4 Å². The van der Waals surface area contributed by atoms with Gasteiger partial charge in [-0.3, -0.25) is 9.69 Å². The Kier molecular flexibility index (Phi) is 4.78. The largest absolute Gasteiger partial charge is 0.465 e. The molecule has 0 unspecified atom stereocenters. The summed E-state index contributed by atoms with van der Waals surface area (Å²) in [6.45, 7) is 7.78. The van der Waals surface area contributed by atoms with Gasteiger partial charge < -0.3 is 19.0 Å². The number of furan rings is 1. The number of aromatic nitrogens is 1. The van der Waals surface area contributed by atoms with Crippen LogP contribution in [0, 0.1) is 13.8 Å². The van der Waals surface area contributed by atoms with Crippen molar-refractivity contribution in [2.75, 3.05) is 26.3 Å². The SMILES string of the molecule is Cc1ccc(CNC(=O)c2noc(C)c2CN2CCOCC2)o1. The third-order valence-electron chi connectivity index (χ3n) is 3.90. The van der Waals surface area contributed by atoms with Gasteiger partial charge in [0.25, 0.3) is 5.91 Å². The minimum atomic E-state index is -0.251. The predicted molar refractivity (Wildman–Crippen MR) is 82.0 cm³/mol. The zero-order chi connectivity index (χ0) is 16.2. The Bertz CT molecular complexity index is 671. The van der Waals surface area contributed by atoms with Gasteiger partial charge in [0.1, 0.15) is 17.3 Å². The van der Waals surface area contributed by atoms with Crippen molar-refractivity contribution in [2.45, 2.75) is 26.9 Å². The van der Waals surface area contributed by atoms with Gasteiger partial charge >= 0.3 is 0 Å². The molecule has 0 spiro atoms. The fraction of sp³-hybridized carbons (Fsp3) is 0.500. The summed E-state index contributed by atoms with van der Waals surface area (Å²) >= 11 is 0. The van der Waals surface area contributed by atoms with Crippen molar-refractivity contribution < 1.29 is 18.5 Å². The molecule has 3 rings (SSSR count). The van der Waals surface area contributed by atoms with Crippen LogP contribution in [-0.2, 0) is 17.8 Å². The molecular weight excluding hydrogens is 298 g/mol. The lowest BCUT2D eigenvalue weighted by Crippen LogP contribution is -2.36. The lowest BCUT2D eigenvalue weighted by Gasteiger charge is -2.26. The van der Waals surface area contributed by atoms with Gasteiger partial charge in [0.15, 0.2) is 5.69 Å². The summed E-state index contributed by atoms with van der Waals surface area (Å²) in [7, 11) is 0. The fourth-order valence-electron chi connectivity index (χ4n) is 2.57. The number of carbonyl (C=O) groups is 1. The number of hydrogen-bond acceptors (Lipinski definition) is 6. The third-order valence-corrected chi connectivity index (χ3v) is 3.90. The Labute approximate surface area is 134 Å². The van der Waals surface area contributed by atoms with E-state index in [9.17, 15) is 4.79 Å². The Balaban J connectivity index is 1.65. The standard InChI is InChI=1S/C16H21N3O4/c1-11-3-4-13(22-11)9-17-16(20)15-14(12(2)23-18-15)10-19-5-7-21-8-6-19/h3-4H,5-10H2,1-2H3,(H,17,20). The first-order valence-electron chi connectivity index (χ1n) is 7.72. The summed E-state index contributed by atoms with van der Waals surface area (Å²) in [5, 5.41) is 6.74. The first-order valence-corrected chi connectivity index (χ1v) is 7.72. The molecule has 0 radical (unpaired) electrons. The monoisotopic (exact) mass is 319 g/mol. The molecule has 1 aliphatic heterocycles. The summed E-state index contributed by atoms with van der Waals surface area (Å²) < 4.78 is 16.0. The minimum absolute atomic E-state index is 0.251. The molecule has 1 amide bonds.